The third-order valence-corrected chi connectivity index (χ3v) is 3.97. The number of ketones is 1. The van der Waals surface area contributed by atoms with Crippen LogP contribution in [0.25, 0.3) is 0 Å². The Morgan fingerprint density at radius 2 is 2.00 bits per heavy atom. The average Bonchev–Trinajstić information content (AvgIpc) is 2.28. The van der Waals surface area contributed by atoms with Crippen LogP contribution in [0.15, 0.2) is 23.1 Å². The Morgan fingerprint density at radius 3 is 2.59 bits per heavy atom. The van der Waals surface area contributed by atoms with Crippen molar-refractivity contribution in [2.75, 3.05) is 6.26 Å². The molecule has 0 heterocycles. The maximum Gasteiger partial charge on any atom is 0.388 e. The minimum Gasteiger partial charge on any atom is -0.281 e. The highest BCUT2D eigenvalue weighted by Crippen LogP contribution is 2.25. The van der Waals surface area contributed by atoms with E-state index in [1.807, 2.05) is 0 Å². The van der Waals surface area contributed by atoms with E-state index >= 15 is 0 Å². The van der Waals surface area contributed by atoms with Gasteiger partial charge in [-0.2, -0.15) is 0 Å². The zero-order valence-corrected chi connectivity index (χ0v) is 10.0. The zero-order chi connectivity index (χ0) is 12.6. The molecule has 0 radical (unpaired) electrons. The fourth-order valence-corrected chi connectivity index (χ4v) is 2.99. The van der Waals surface area contributed by atoms with Crippen molar-refractivity contribution in [3.05, 3.63) is 29.3 Å². The van der Waals surface area contributed by atoms with E-state index in [0.29, 0.717) is 24.0 Å². The van der Waals surface area contributed by atoms with Crippen molar-refractivity contribution in [1.82, 2.24) is 0 Å². The summed E-state index contributed by atoms with van der Waals surface area (Å²) in [4.78, 5) is 15.3. The van der Waals surface area contributed by atoms with Crippen LogP contribution in [0, 0.1) is 5.53 Å². The van der Waals surface area contributed by atoms with Gasteiger partial charge in [-0.05, 0) is 18.1 Å². The molecule has 2 rings (SSSR count). The number of carbonyl (C=O) groups excluding carboxylic acids is 1. The van der Waals surface area contributed by atoms with E-state index in [1.54, 1.807) is 12.1 Å². The van der Waals surface area contributed by atoms with E-state index in [4.69, 9.17) is 5.53 Å². The molecule has 0 amide bonds. The van der Waals surface area contributed by atoms with Gasteiger partial charge < -0.3 is 0 Å². The minimum atomic E-state index is -3.33. The number of rotatable bonds is 1. The van der Waals surface area contributed by atoms with Crippen LogP contribution in [0.1, 0.15) is 22.3 Å². The molecule has 17 heavy (non-hydrogen) atoms. The van der Waals surface area contributed by atoms with E-state index in [-0.39, 0.29) is 16.4 Å². The molecule has 0 bridgehead atoms. The molecule has 5 nitrogen and oxygen atoms in total. The predicted octanol–water partition coefficient (Wildman–Crippen LogP) is 0.899. The van der Waals surface area contributed by atoms with Crippen LogP contribution in [0.5, 0.6) is 0 Å². The van der Waals surface area contributed by atoms with Crippen molar-refractivity contribution < 1.29 is 18.0 Å². The first-order chi connectivity index (χ1) is 7.95. The number of fused-ring (bicyclic) bond motifs is 1. The number of benzene rings is 1. The Labute approximate surface area is 98.6 Å². The number of Topliss-reactive ketones (excluding diaryl/α,β-unsaturated/α-hetero) is 1. The molecule has 0 atom stereocenters. The van der Waals surface area contributed by atoms with Gasteiger partial charge in [-0.3, -0.25) is 4.79 Å². The highest BCUT2D eigenvalue weighted by molar-refractivity contribution is 7.90. The molecule has 0 aliphatic heterocycles. The largest absolute Gasteiger partial charge is 0.388 e. The molecule has 0 fully saturated rings. The Kier molecular flexibility index (Phi) is 2.69. The first-order valence-electron chi connectivity index (χ1n) is 5.05. The maximum absolute atomic E-state index is 11.9. The van der Waals surface area contributed by atoms with Gasteiger partial charge in [0.05, 0.1) is 21.6 Å². The topological polar surface area (TPSA) is 89.2 Å². The van der Waals surface area contributed by atoms with Crippen molar-refractivity contribution in [2.45, 2.75) is 17.7 Å². The lowest BCUT2D eigenvalue weighted by atomic mass is 9.89. The van der Waals surface area contributed by atoms with Crippen LogP contribution in [0.3, 0.4) is 0 Å². The Morgan fingerprint density at radius 1 is 1.29 bits per heavy atom. The van der Waals surface area contributed by atoms with Gasteiger partial charge >= 0.3 is 5.71 Å². The molecule has 0 saturated carbocycles. The summed E-state index contributed by atoms with van der Waals surface area (Å²) in [6.07, 6.45) is 1.88. The summed E-state index contributed by atoms with van der Waals surface area (Å²) in [6.45, 7) is 0. The molecule has 1 N–H and O–H groups in total. The van der Waals surface area contributed by atoms with E-state index in [1.165, 1.54) is 6.07 Å². The molecular formula is C11H11N2O3S+. The number of carbonyl (C=O) groups is 1. The maximum atomic E-state index is 11.9. The van der Waals surface area contributed by atoms with Gasteiger partial charge in [-0.25, -0.2) is 8.42 Å². The smallest absolute Gasteiger partial charge is 0.281 e. The summed E-state index contributed by atoms with van der Waals surface area (Å²) >= 11 is 0. The van der Waals surface area contributed by atoms with E-state index in [9.17, 15) is 13.2 Å². The lowest BCUT2D eigenvalue weighted by Crippen LogP contribution is -2.25. The lowest BCUT2D eigenvalue weighted by molar-refractivity contribution is -0.120. The standard InChI is InChI=1S/C11H11N2O3S/c1-17(15,16)10-4-2-3-8-7(10)5-6-9(13-12)11(8)14/h2-4,12H,5-6H2,1H3/q+1. The summed E-state index contributed by atoms with van der Waals surface area (Å²) in [6, 6.07) is 4.63. The number of hydrogen-bond donors (Lipinski definition) is 1. The van der Waals surface area contributed by atoms with Crippen molar-refractivity contribution in [3.63, 3.8) is 0 Å². The summed E-state index contributed by atoms with van der Waals surface area (Å²) in [7, 11) is -3.33. The molecule has 88 valence electrons. The molecule has 6 heteroatoms. The monoisotopic (exact) mass is 251 g/mol. The molecule has 0 saturated heterocycles. The van der Waals surface area contributed by atoms with Gasteiger partial charge in [0.2, 0.25) is 0 Å². The first kappa shape index (κ1) is 11.7. The molecule has 0 unspecified atom stereocenters. The molecule has 1 aromatic carbocycles. The van der Waals surface area contributed by atoms with Gasteiger partial charge in [-0.15, -0.1) is 0 Å². The zero-order valence-electron chi connectivity index (χ0n) is 9.23. The van der Waals surface area contributed by atoms with Crippen molar-refractivity contribution in [2.24, 2.45) is 0 Å². The number of hydrogen-bond acceptors (Lipinski definition) is 4. The van der Waals surface area contributed by atoms with Crippen molar-refractivity contribution in [3.8, 4) is 0 Å². The fraction of sp³-hybridized carbons (Fsp3) is 0.273. The third kappa shape index (κ3) is 1.92. The van der Waals surface area contributed by atoms with Gasteiger partial charge in [0.15, 0.2) is 9.84 Å². The van der Waals surface area contributed by atoms with Crippen LogP contribution >= 0.6 is 0 Å². The lowest BCUT2D eigenvalue weighted by Gasteiger charge is -2.14. The summed E-state index contributed by atoms with van der Waals surface area (Å²) in [5, 5.41) is 0. The predicted molar refractivity (Wildman–Crippen MR) is 60.2 cm³/mol. The normalized spacial score (nSPS) is 15.4. The van der Waals surface area contributed by atoms with Crippen LogP contribution < -0.4 is 0 Å². The fourth-order valence-electron chi connectivity index (χ4n) is 2.00. The third-order valence-electron chi connectivity index (χ3n) is 2.79. The van der Waals surface area contributed by atoms with Crippen LogP contribution in [0.2, 0.25) is 0 Å². The van der Waals surface area contributed by atoms with Crippen molar-refractivity contribution >= 4 is 21.3 Å². The molecule has 0 aromatic heterocycles. The number of nitrogens with zero attached hydrogens (tertiary/aromatic N) is 1. The van der Waals surface area contributed by atoms with E-state index < -0.39 is 9.84 Å². The Hall–Kier alpha value is -1.78. The Bertz CT molecular complexity index is 655. The summed E-state index contributed by atoms with van der Waals surface area (Å²) in [5.74, 6) is -0.341. The highest BCUT2D eigenvalue weighted by Gasteiger charge is 2.33. The molecular weight excluding hydrogens is 240 g/mol. The molecule has 1 aromatic rings. The second-order valence-electron chi connectivity index (χ2n) is 3.94. The quantitative estimate of drug-likeness (QED) is 0.594. The average molecular weight is 251 g/mol. The molecule has 1 aliphatic rings. The summed E-state index contributed by atoms with van der Waals surface area (Å²) in [5.41, 5.74) is 7.98. The molecule has 1 aliphatic carbocycles. The van der Waals surface area contributed by atoms with E-state index in [0.717, 1.165) is 6.26 Å². The van der Waals surface area contributed by atoms with Crippen LogP contribution in [0.4, 0.5) is 0 Å². The first-order valence-corrected chi connectivity index (χ1v) is 6.94. The highest BCUT2D eigenvalue weighted by atomic mass is 32.2. The second kappa shape index (κ2) is 3.91. The number of nitrogens with one attached hydrogen (secondary N) is 1. The number of sulfone groups is 1. The van der Waals surface area contributed by atoms with Crippen LogP contribution in [-0.2, 0) is 16.3 Å². The van der Waals surface area contributed by atoms with Gasteiger partial charge in [0.25, 0.3) is 5.78 Å². The summed E-state index contributed by atoms with van der Waals surface area (Å²) < 4.78 is 23.2. The van der Waals surface area contributed by atoms with Gasteiger partial charge in [0.1, 0.15) is 0 Å². The Balaban J connectivity index is 2.72. The minimum absolute atomic E-state index is 0.183. The van der Waals surface area contributed by atoms with Crippen LogP contribution in [-0.4, -0.2) is 31.0 Å². The van der Waals surface area contributed by atoms with Crippen molar-refractivity contribution in [1.29, 1.82) is 5.53 Å². The second-order valence-corrected chi connectivity index (χ2v) is 5.93. The molecule has 0 spiro atoms. The van der Waals surface area contributed by atoms with E-state index in [2.05, 4.69) is 4.79 Å². The SMILES string of the molecule is CS(=O)(=O)c1cccc2c1CCC(=[N+]=N)C2=O. The van der Waals surface area contributed by atoms with Gasteiger partial charge in [0, 0.05) is 11.8 Å². The van der Waals surface area contributed by atoms with Gasteiger partial charge in [-0.1, -0.05) is 12.1 Å².